The first-order valence-electron chi connectivity index (χ1n) is 44.2. The summed E-state index contributed by atoms with van der Waals surface area (Å²) in [6.07, 6.45) is -1.21. The lowest BCUT2D eigenvalue weighted by Gasteiger charge is -2.36. The Bertz CT molecular complexity index is 5280. The first-order chi connectivity index (χ1) is 64.3. The number of aliphatic carboxylic acids is 1. The summed E-state index contributed by atoms with van der Waals surface area (Å²) >= 11 is 0.688. The number of ether oxygens (including phenoxy) is 1. The Kier molecular flexibility index (Phi) is 38.6. The van der Waals surface area contributed by atoms with Crippen LogP contribution in [0.25, 0.3) is 21.8 Å². The van der Waals surface area contributed by atoms with E-state index in [2.05, 4.69) is 67.8 Å². The molecule has 6 aromatic rings. The molecule has 15 atom stereocenters. The van der Waals surface area contributed by atoms with Crippen LogP contribution in [0.5, 0.6) is 5.75 Å². The van der Waals surface area contributed by atoms with E-state index in [1.165, 1.54) is 72.0 Å². The van der Waals surface area contributed by atoms with Crippen molar-refractivity contribution in [1.29, 1.82) is 0 Å². The number of nitrogens with two attached hydrogens (primary N) is 3. The Hall–Kier alpha value is -13.9. The van der Waals surface area contributed by atoms with Gasteiger partial charge in [0.2, 0.25) is 100 Å². The number of para-hydroxylation sites is 2. The maximum absolute atomic E-state index is 15.7. The number of hydrogen-bond acceptors (Lipinski definition) is 25. The number of aromatic amines is 3. The number of amides is 17. The number of carboxylic acids is 1. The number of nitrogens with one attached hydrogen (secondary N) is 12. The Balaban J connectivity index is 1.10. The molecule has 0 aliphatic carbocycles. The zero-order chi connectivity index (χ0) is 98.6. The highest BCUT2D eigenvalue weighted by molar-refractivity contribution is 8.00. The minimum Gasteiger partial charge on any atom is -0.508 e. The molecule has 0 bridgehead atoms. The fourth-order valence-corrected chi connectivity index (χ4v) is 17.3. The van der Waals surface area contributed by atoms with Gasteiger partial charge in [-0.2, -0.15) is 0 Å². The van der Waals surface area contributed by atoms with Gasteiger partial charge in [-0.15, -0.1) is 11.8 Å². The predicted octanol–water partition coefficient (Wildman–Crippen LogP) is -4.17. The number of nitrogens with zero attached hydrogens (tertiary/aromatic N) is 6. The third kappa shape index (κ3) is 29.1. The molecule has 22 N–H and O–H groups in total. The Morgan fingerprint density at radius 2 is 1.16 bits per heavy atom. The Labute approximate surface area is 779 Å². The summed E-state index contributed by atoms with van der Waals surface area (Å²) in [5.74, 6) is -22.5. The van der Waals surface area contributed by atoms with E-state index in [0.717, 1.165) is 24.5 Å². The minimum absolute atomic E-state index is 0.0754. The number of aliphatic hydroxyl groups is 2. The zero-order valence-corrected chi connectivity index (χ0v) is 76.5. The van der Waals surface area contributed by atoms with Gasteiger partial charge in [-0.3, -0.25) is 91.1 Å². The number of aromatic hydroxyl groups is 1. The lowest BCUT2D eigenvalue weighted by Crippen LogP contribution is -2.61. The molecule has 6 heterocycles. The number of carbonyl (C=O) groups excluding carboxylic acids is 18. The van der Waals surface area contributed by atoms with E-state index >= 15 is 38.4 Å². The van der Waals surface area contributed by atoms with Crippen LogP contribution in [0.4, 0.5) is 0 Å². The molecule has 45 nitrogen and oxygen atoms in total. The molecule has 0 unspecified atom stereocenters. The quantitative estimate of drug-likeness (QED) is 0.0245. The average molecular weight is 1900 g/mol. The Morgan fingerprint density at radius 1 is 0.570 bits per heavy atom. The number of rotatable bonds is 26. The molecular formula is C89H119N21O24S. The molecule has 3 aliphatic rings. The van der Waals surface area contributed by atoms with Gasteiger partial charge in [-0.1, -0.05) is 68.3 Å². The molecule has 46 heteroatoms. The van der Waals surface area contributed by atoms with Crippen molar-refractivity contribution < 1.29 is 116 Å². The number of phenols is 1. The highest BCUT2D eigenvalue weighted by Crippen LogP contribution is 2.30. The molecule has 730 valence electrons. The van der Waals surface area contributed by atoms with Gasteiger partial charge in [0.25, 0.3) is 0 Å². The summed E-state index contributed by atoms with van der Waals surface area (Å²) in [6.45, 7) is 0.147. The number of likely N-dealkylation sites (N-methyl/N-ethyl adjacent to an activating group) is 3. The maximum Gasteiger partial charge on any atom is 0.303 e. The number of fused-ring (bicyclic) bond motifs is 4. The van der Waals surface area contributed by atoms with E-state index in [0.29, 0.717) is 56.7 Å². The number of carboxylic acid groups (broad SMARTS) is 1. The Morgan fingerprint density at radius 3 is 1.78 bits per heavy atom. The van der Waals surface area contributed by atoms with Crippen LogP contribution < -0.4 is 65.1 Å². The monoisotopic (exact) mass is 1900 g/mol. The van der Waals surface area contributed by atoms with Gasteiger partial charge in [0.1, 0.15) is 78.3 Å². The van der Waals surface area contributed by atoms with Gasteiger partial charge >= 0.3 is 5.97 Å². The first-order valence-corrected chi connectivity index (χ1v) is 45.4. The minimum atomic E-state index is -1.93. The topological polar surface area (TPSA) is 677 Å². The van der Waals surface area contributed by atoms with E-state index in [9.17, 15) is 73.2 Å². The van der Waals surface area contributed by atoms with Gasteiger partial charge in [0.05, 0.1) is 49.5 Å². The molecule has 17 amide bonds. The summed E-state index contributed by atoms with van der Waals surface area (Å²) < 4.78 is 5.46. The van der Waals surface area contributed by atoms with E-state index < -0.39 is 285 Å². The second-order valence-electron chi connectivity index (χ2n) is 33.7. The third-order valence-corrected chi connectivity index (χ3v) is 25.0. The van der Waals surface area contributed by atoms with Crippen LogP contribution >= 0.6 is 11.8 Å². The summed E-state index contributed by atoms with van der Waals surface area (Å²) in [6, 6.07) is -2.36. The summed E-state index contributed by atoms with van der Waals surface area (Å²) in [5.41, 5.74) is 19.4. The van der Waals surface area contributed by atoms with Crippen LogP contribution in [-0.2, 0) is 122 Å². The average Bonchev–Trinajstić information content (AvgIpc) is 1.60. The second-order valence-corrected chi connectivity index (χ2v) is 34.8. The van der Waals surface area contributed by atoms with E-state index in [4.69, 9.17) is 21.9 Å². The smallest absolute Gasteiger partial charge is 0.303 e. The molecule has 9 rings (SSSR count). The van der Waals surface area contributed by atoms with Crippen LogP contribution in [0, 0.1) is 5.92 Å². The van der Waals surface area contributed by atoms with Gasteiger partial charge in [0.15, 0.2) is 5.78 Å². The van der Waals surface area contributed by atoms with Crippen molar-refractivity contribution in [1.82, 2.24) is 92.3 Å². The highest BCUT2D eigenvalue weighted by atomic mass is 32.2. The summed E-state index contributed by atoms with van der Waals surface area (Å²) in [5, 5.41) is 66.9. The van der Waals surface area contributed by atoms with E-state index in [1.54, 1.807) is 67.8 Å². The lowest BCUT2D eigenvalue weighted by atomic mass is 9.90. The summed E-state index contributed by atoms with van der Waals surface area (Å²) in [4.78, 5) is 293. The third-order valence-electron chi connectivity index (χ3n) is 24.0. The van der Waals surface area contributed by atoms with E-state index in [1.807, 2.05) is 0 Å². The van der Waals surface area contributed by atoms with Gasteiger partial charge in [-0.25, -0.2) is 4.98 Å². The van der Waals surface area contributed by atoms with Gasteiger partial charge in [-0.05, 0) is 86.4 Å². The number of benzene rings is 3. The van der Waals surface area contributed by atoms with Crippen LogP contribution in [0.15, 0.2) is 97.7 Å². The van der Waals surface area contributed by atoms with Crippen molar-refractivity contribution in [3.8, 4) is 5.75 Å². The van der Waals surface area contributed by atoms with Crippen molar-refractivity contribution in [2.45, 2.75) is 208 Å². The molecule has 0 saturated carbocycles. The van der Waals surface area contributed by atoms with Crippen molar-refractivity contribution >= 4 is 146 Å². The number of unbranched alkanes of at least 4 members (excludes halogenated alkanes) is 1. The normalized spacial score (nSPS) is 24.8. The molecule has 0 spiro atoms. The number of ketones is 1. The fourth-order valence-electron chi connectivity index (χ4n) is 16.5. The van der Waals surface area contributed by atoms with Crippen molar-refractivity contribution in [2.24, 2.45) is 23.1 Å². The molecule has 3 aliphatic heterocycles. The SMILES string of the molecule is CCCC[C@H]1C(=O)N[C@@H](CCC(=O)O)C(=O)N[C@H](C(=O)NCC(N)=O)CSCC(=O)N[C@@H](Cc2ccc(O)cc2)C(=O)N(C)[C@@H](C)C(=O)N[C@@H](CC(N)=O)C(=O)N2CCC[C@H]2C(=O)N[C@@H](Cc2c[nH]cn2)C(=O)N[C@@H](CCC(N)=O)C(=O)N2C[C@H](O)C[C@H]2C(=O)C[C@@H](Cc2c[nH]c3ccccc23)C(=O)N[C@@H](CO)C(=O)N[C@@H](Cc2c[nH]c3ccccc23)C(=O)N(C)[C@@H](CCOC)C(=O)N1C. The first kappa shape index (κ1) is 105. The van der Waals surface area contributed by atoms with E-state index in [-0.39, 0.29) is 76.0 Å². The molecule has 3 fully saturated rings. The number of Topliss-reactive ketones (excluding diaryl/α,β-unsaturated/α-hetero) is 1. The number of thioether (sulfide) groups is 1. The van der Waals surface area contributed by atoms with Crippen LogP contribution in [0.3, 0.4) is 0 Å². The van der Waals surface area contributed by atoms with Gasteiger partial charge in [0, 0.05) is 151 Å². The number of H-pyrrole nitrogens is 3. The number of primary amides is 3. The fraction of sp³-hybridized carbons (Fsp3) is 0.506. The molecule has 3 aromatic carbocycles. The summed E-state index contributed by atoms with van der Waals surface area (Å²) in [7, 11) is 4.98. The maximum atomic E-state index is 15.7. The second kappa shape index (κ2) is 49.7. The largest absolute Gasteiger partial charge is 0.508 e. The molecule has 3 saturated heterocycles. The molecular weight excluding hydrogens is 1780 g/mol. The van der Waals surface area contributed by atoms with Crippen LogP contribution in [-0.4, -0.2) is 334 Å². The number of methoxy groups -OCH3 is 1. The van der Waals surface area contributed by atoms with Crippen molar-refractivity contribution in [3.63, 3.8) is 0 Å². The van der Waals surface area contributed by atoms with Crippen molar-refractivity contribution in [2.75, 3.05) is 72.6 Å². The van der Waals surface area contributed by atoms with Crippen LogP contribution in [0.2, 0.25) is 0 Å². The number of phenolic OH excluding ortho intramolecular Hbond substituents is 1. The highest BCUT2D eigenvalue weighted by Gasteiger charge is 2.47. The van der Waals surface area contributed by atoms with Gasteiger partial charge < -0.3 is 130 Å². The predicted molar refractivity (Wildman–Crippen MR) is 485 cm³/mol. The lowest BCUT2D eigenvalue weighted by molar-refractivity contribution is -0.150. The zero-order valence-electron chi connectivity index (χ0n) is 75.6. The molecule has 135 heavy (non-hydrogen) atoms. The number of carbonyl (C=O) groups is 19. The molecule has 3 aromatic heterocycles. The molecule has 0 radical (unpaired) electrons. The number of aromatic nitrogens is 4. The number of hydrogen-bond donors (Lipinski definition) is 19. The standard InChI is InChI=1S/C89H119N21O24S/c1-7-8-18-67-83(127)99-59(25-27-76(119)120)80(124)105-66(79(123)96-41-74(92)117)44-135-45-75(118)98-62(31-48-20-22-53(112)23-21-48)85(129)106(3)47(2)77(121)102-64(37-73(91)116)88(132)109-29-13-19-68(109)84(128)101-61(35-52-40-93-46-97-52)81(125)100-60(24-26-72(90)115)87(131)110-42-54(113)36-70(110)71(114)34-49(32-50-38-94-57-16-11-9-14-55(50)57)78(122)104-65(43-111)82(126)103-63(33-51-39-95-58-17-12-10-15-56(51)58)86(130)108(5)69(28-30-134-6)89(133)107(67)4/h9-12,14-17,20-23,38-40,46-47,49,54,59-70,94-95,111-113H,7-8,13,18-19,24-37,41-45H2,1-6H3,(H2,90,115)(H2,91,116)(H2,92,117)(H,93,97)(H,96,123)(H,98,118)(H,99,127)(H,100,125)(H,101,128)(H,102,121)(H,103,126)(H,104,122)(H,105,124)(H,119,120)/t47-,49+,54+,59-,60-,61-,62-,63-,64-,65-,66-,67-,68-,69-,70-/m0/s1. The number of aliphatic hydroxyl groups excluding tert-OH is 2. The van der Waals surface area contributed by atoms with Crippen LogP contribution in [0.1, 0.15) is 120 Å². The van der Waals surface area contributed by atoms with Crippen molar-refractivity contribution in [3.05, 3.63) is 120 Å². The number of imidazole rings is 1.